The van der Waals surface area contributed by atoms with Crippen LogP contribution in [0.3, 0.4) is 0 Å². The van der Waals surface area contributed by atoms with Gasteiger partial charge in [0.25, 0.3) is 0 Å². The first kappa shape index (κ1) is 20.1. The molecule has 0 aromatic heterocycles. The quantitative estimate of drug-likeness (QED) is 0.408. The van der Waals surface area contributed by atoms with E-state index in [2.05, 4.69) is 46.0 Å². The molecule has 0 aromatic rings. The predicted octanol–water partition coefficient (Wildman–Crippen LogP) is 7.44. The largest absolute Gasteiger partial charge is 0.259 e. The summed E-state index contributed by atoms with van der Waals surface area (Å²) in [6.07, 6.45) is 11.8. The third kappa shape index (κ3) is 4.51. The maximum absolute atomic E-state index is 3.21. The van der Waals surface area contributed by atoms with Crippen LogP contribution in [-0.2, 0) is 0 Å². The normalized spacial score (nSPS) is 33.4. The van der Waals surface area contributed by atoms with Gasteiger partial charge in [0.1, 0.15) is 0 Å². The lowest BCUT2D eigenvalue weighted by Crippen LogP contribution is -2.28. The van der Waals surface area contributed by atoms with Gasteiger partial charge in [0.05, 0.1) is 0 Å². The molecule has 0 N–H and O–H groups in total. The molecule has 0 bridgehead atoms. The SMILES string of the molecule is CC[C@@H]1CC[C@@H](CC)P1N(CC(C)C)P1[C@H](CC)CC[C@H]1CC. The van der Waals surface area contributed by atoms with Gasteiger partial charge in [0.2, 0.25) is 0 Å². The van der Waals surface area contributed by atoms with E-state index in [0.29, 0.717) is 0 Å². The number of hydrogen-bond acceptors (Lipinski definition) is 1. The zero-order valence-electron chi connectivity index (χ0n) is 16.6. The van der Waals surface area contributed by atoms with Crippen LogP contribution in [-0.4, -0.2) is 33.6 Å². The fourth-order valence-corrected chi connectivity index (χ4v) is 14.4. The molecule has 0 saturated carbocycles. The first-order valence-corrected chi connectivity index (χ1v) is 13.3. The number of rotatable bonds is 8. The lowest BCUT2D eigenvalue weighted by Gasteiger charge is -2.45. The molecule has 0 unspecified atom stereocenters. The Balaban J connectivity index is 2.30. The molecule has 0 aliphatic carbocycles. The van der Waals surface area contributed by atoms with Crippen LogP contribution in [0.1, 0.15) is 92.9 Å². The molecule has 2 aliphatic heterocycles. The van der Waals surface area contributed by atoms with E-state index in [-0.39, 0.29) is 16.1 Å². The monoisotopic (exact) mass is 357 g/mol. The smallest absolute Gasteiger partial charge is 0.00852 e. The van der Waals surface area contributed by atoms with Crippen molar-refractivity contribution in [1.82, 2.24) is 4.44 Å². The summed E-state index contributed by atoms with van der Waals surface area (Å²) in [5.41, 5.74) is 4.14. The summed E-state index contributed by atoms with van der Waals surface area (Å²) in [5.74, 6) is 0.825. The molecule has 2 fully saturated rings. The van der Waals surface area contributed by atoms with Gasteiger partial charge in [0, 0.05) is 6.54 Å². The van der Waals surface area contributed by atoms with Gasteiger partial charge in [-0.2, -0.15) is 0 Å². The van der Waals surface area contributed by atoms with E-state index in [0.717, 1.165) is 28.6 Å². The minimum Gasteiger partial charge on any atom is -0.259 e. The second kappa shape index (κ2) is 9.50. The Morgan fingerprint density at radius 3 is 1.22 bits per heavy atom. The van der Waals surface area contributed by atoms with E-state index in [9.17, 15) is 0 Å². The van der Waals surface area contributed by atoms with Gasteiger partial charge in [-0.25, -0.2) is 0 Å². The Bertz CT molecular complexity index is 295. The first-order chi connectivity index (χ1) is 11.1. The van der Waals surface area contributed by atoms with Gasteiger partial charge in [-0.05, 0) is 96.1 Å². The zero-order chi connectivity index (χ0) is 17.0. The molecule has 136 valence electrons. The molecule has 2 saturated heterocycles. The average Bonchev–Trinajstić information content (AvgIpc) is 3.15. The molecule has 0 spiro atoms. The van der Waals surface area contributed by atoms with Gasteiger partial charge < -0.3 is 0 Å². The molecule has 3 heteroatoms. The Morgan fingerprint density at radius 1 is 0.696 bits per heavy atom. The van der Waals surface area contributed by atoms with Crippen LogP contribution in [0.2, 0.25) is 0 Å². The van der Waals surface area contributed by atoms with Crippen molar-refractivity contribution in [2.24, 2.45) is 5.92 Å². The van der Waals surface area contributed by atoms with Crippen molar-refractivity contribution < 1.29 is 0 Å². The Hall–Kier alpha value is 0.820. The highest BCUT2D eigenvalue weighted by Crippen LogP contribution is 2.73. The van der Waals surface area contributed by atoms with E-state index < -0.39 is 0 Å². The van der Waals surface area contributed by atoms with Crippen molar-refractivity contribution in [1.29, 1.82) is 0 Å². The molecule has 2 rings (SSSR count). The van der Waals surface area contributed by atoms with Crippen molar-refractivity contribution in [3.05, 3.63) is 0 Å². The van der Waals surface area contributed by atoms with Crippen LogP contribution in [0.15, 0.2) is 0 Å². The van der Waals surface area contributed by atoms with E-state index in [1.165, 1.54) is 57.9 Å². The second-order valence-corrected chi connectivity index (χ2v) is 13.8. The second-order valence-electron chi connectivity index (χ2n) is 8.11. The fourth-order valence-electron chi connectivity index (χ4n) is 4.85. The first-order valence-electron chi connectivity index (χ1n) is 10.4. The summed E-state index contributed by atoms with van der Waals surface area (Å²) in [6.45, 7) is 16.1. The third-order valence-electron chi connectivity index (χ3n) is 6.11. The maximum atomic E-state index is 3.21. The molecule has 0 radical (unpaired) electrons. The van der Waals surface area contributed by atoms with Crippen LogP contribution in [0.4, 0.5) is 0 Å². The topological polar surface area (TPSA) is 3.24 Å². The minimum absolute atomic E-state index is 0.118. The third-order valence-corrected chi connectivity index (χ3v) is 14.2. The molecule has 0 aromatic carbocycles. The highest BCUT2D eigenvalue weighted by Gasteiger charge is 2.46. The molecule has 0 amide bonds. The molecule has 4 atom stereocenters. The van der Waals surface area contributed by atoms with Crippen molar-refractivity contribution in [3.8, 4) is 0 Å². The summed E-state index contributed by atoms with van der Waals surface area (Å²) >= 11 is 0. The van der Waals surface area contributed by atoms with Crippen LogP contribution >= 0.6 is 16.1 Å². The van der Waals surface area contributed by atoms with Crippen molar-refractivity contribution in [2.45, 2.75) is 116 Å². The maximum Gasteiger partial charge on any atom is 0.00852 e. The highest BCUT2D eigenvalue weighted by molar-refractivity contribution is 7.72. The van der Waals surface area contributed by atoms with Crippen molar-refractivity contribution >= 4 is 16.1 Å². The standard InChI is InChI=1S/C20H41NP2/c1-7-17-11-12-18(8-2)22(17)21(15-16(5)6)23-19(9-3)13-14-20(23)10-4/h16-20H,7-15H2,1-6H3/t17-,18-,19-,20-/m1/s1. The lowest BCUT2D eigenvalue weighted by atomic mass is 10.1. The van der Waals surface area contributed by atoms with Gasteiger partial charge >= 0.3 is 0 Å². The number of nitrogens with zero attached hydrogens (tertiary/aromatic N) is 1. The van der Waals surface area contributed by atoms with Gasteiger partial charge in [-0.15, -0.1) is 0 Å². The predicted molar refractivity (Wildman–Crippen MR) is 110 cm³/mol. The van der Waals surface area contributed by atoms with Crippen LogP contribution in [0.25, 0.3) is 0 Å². The fraction of sp³-hybridized carbons (Fsp3) is 1.00. The summed E-state index contributed by atoms with van der Waals surface area (Å²) in [4.78, 5) is 0. The van der Waals surface area contributed by atoms with E-state index >= 15 is 0 Å². The summed E-state index contributed by atoms with van der Waals surface area (Å²) < 4.78 is 3.21. The Morgan fingerprint density at radius 2 is 1.00 bits per heavy atom. The lowest BCUT2D eigenvalue weighted by molar-refractivity contribution is 0.524. The average molecular weight is 358 g/mol. The van der Waals surface area contributed by atoms with E-state index in [4.69, 9.17) is 0 Å². The summed E-state index contributed by atoms with van der Waals surface area (Å²) in [6, 6.07) is 0. The highest BCUT2D eigenvalue weighted by atomic mass is 31.2. The van der Waals surface area contributed by atoms with Crippen LogP contribution < -0.4 is 0 Å². The molecule has 2 aliphatic rings. The van der Waals surface area contributed by atoms with Gasteiger partial charge in [0.15, 0.2) is 0 Å². The van der Waals surface area contributed by atoms with E-state index in [1.54, 1.807) is 0 Å². The van der Waals surface area contributed by atoms with Crippen molar-refractivity contribution in [3.63, 3.8) is 0 Å². The molecule has 2 heterocycles. The van der Waals surface area contributed by atoms with E-state index in [1.807, 2.05) is 0 Å². The van der Waals surface area contributed by atoms with Gasteiger partial charge in [-0.1, -0.05) is 41.5 Å². The zero-order valence-corrected chi connectivity index (χ0v) is 18.4. The minimum atomic E-state index is 0.118. The Labute approximate surface area is 149 Å². The molecular formula is C20H41NP2. The number of hydrogen-bond donors (Lipinski definition) is 0. The molecular weight excluding hydrogens is 316 g/mol. The molecule has 23 heavy (non-hydrogen) atoms. The summed E-state index contributed by atoms with van der Waals surface area (Å²) in [5, 5.41) is 0. The Kier molecular flexibility index (Phi) is 8.32. The van der Waals surface area contributed by atoms with Crippen molar-refractivity contribution in [2.75, 3.05) is 6.54 Å². The van der Waals surface area contributed by atoms with Gasteiger partial charge in [-0.3, -0.25) is 4.44 Å². The summed E-state index contributed by atoms with van der Waals surface area (Å²) in [7, 11) is 0.237. The van der Waals surface area contributed by atoms with Crippen LogP contribution in [0.5, 0.6) is 0 Å². The van der Waals surface area contributed by atoms with Crippen LogP contribution in [0, 0.1) is 5.92 Å². The molecule has 1 nitrogen and oxygen atoms in total.